The SMILES string of the molecule is COc1ccc(C2CC2C)c(OC)c1.N. The first-order chi connectivity index (χ1) is 6.76. The summed E-state index contributed by atoms with van der Waals surface area (Å²) < 4.78 is 10.5. The van der Waals surface area contributed by atoms with Gasteiger partial charge in [0.15, 0.2) is 0 Å². The second-order valence-corrected chi connectivity index (χ2v) is 3.93. The molecule has 15 heavy (non-hydrogen) atoms. The van der Waals surface area contributed by atoms with Gasteiger partial charge in [0.05, 0.1) is 14.2 Å². The standard InChI is InChI=1S/C12H16O2.H3N/c1-8-6-11(8)10-5-4-9(13-2)7-12(10)14-3;/h4-5,7-8,11H,6H2,1-3H3;1H3. The summed E-state index contributed by atoms with van der Waals surface area (Å²) in [6.07, 6.45) is 1.28. The predicted octanol–water partition coefficient (Wildman–Crippen LogP) is 2.99. The van der Waals surface area contributed by atoms with Crippen LogP contribution in [0.5, 0.6) is 11.5 Å². The van der Waals surface area contributed by atoms with E-state index >= 15 is 0 Å². The van der Waals surface area contributed by atoms with Gasteiger partial charge in [0.25, 0.3) is 0 Å². The van der Waals surface area contributed by atoms with Crippen molar-refractivity contribution in [2.75, 3.05) is 14.2 Å². The van der Waals surface area contributed by atoms with Gasteiger partial charge in [-0.3, -0.25) is 0 Å². The second kappa shape index (κ2) is 4.53. The summed E-state index contributed by atoms with van der Waals surface area (Å²) in [5, 5.41) is 0. The monoisotopic (exact) mass is 209 g/mol. The van der Waals surface area contributed by atoms with Gasteiger partial charge in [-0.2, -0.15) is 0 Å². The van der Waals surface area contributed by atoms with Crippen LogP contribution in [0.4, 0.5) is 0 Å². The van der Waals surface area contributed by atoms with Gasteiger partial charge in [0, 0.05) is 6.07 Å². The van der Waals surface area contributed by atoms with Gasteiger partial charge in [-0.1, -0.05) is 13.0 Å². The van der Waals surface area contributed by atoms with Gasteiger partial charge in [-0.25, -0.2) is 0 Å². The van der Waals surface area contributed by atoms with E-state index in [1.54, 1.807) is 14.2 Å². The molecule has 0 aromatic heterocycles. The molecule has 1 aromatic carbocycles. The normalized spacial score (nSPS) is 22.9. The third-order valence-electron chi connectivity index (χ3n) is 2.95. The number of benzene rings is 1. The van der Waals surface area contributed by atoms with Crippen molar-refractivity contribution in [3.63, 3.8) is 0 Å². The van der Waals surface area contributed by atoms with Crippen molar-refractivity contribution in [3.8, 4) is 11.5 Å². The highest BCUT2D eigenvalue weighted by Crippen LogP contribution is 2.50. The van der Waals surface area contributed by atoms with Gasteiger partial charge in [-0.15, -0.1) is 0 Å². The van der Waals surface area contributed by atoms with Crippen LogP contribution in [-0.4, -0.2) is 14.2 Å². The fourth-order valence-electron chi connectivity index (χ4n) is 1.88. The Balaban J connectivity index is 0.00000112. The average Bonchev–Trinajstić information content (AvgIpc) is 2.94. The smallest absolute Gasteiger partial charge is 0.126 e. The maximum absolute atomic E-state index is 5.36. The van der Waals surface area contributed by atoms with Crippen molar-refractivity contribution in [2.24, 2.45) is 5.92 Å². The van der Waals surface area contributed by atoms with Gasteiger partial charge >= 0.3 is 0 Å². The summed E-state index contributed by atoms with van der Waals surface area (Å²) in [5.74, 6) is 3.31. The summed E-state index contributed by atoms with van der Waals surface area (Å²) in [6, 6.07) is 6.08. The molecule has 0 bridgehead atoms. The molecule has 0 amide bonds. The maximum atomic E-state index is 5.36. The molecule has 1 aliphatic rings. The van der Waals surface area contributed by atoms with E-state index in [1.165, 1.54) is 12.0 Å². The lowest BCUT2D eigenvalue weighted by molar-refractivity contribution is 0.391. The average molecular weight is 209 g/mol. The number of hydrogen-bond acceptors (Lipinski definition) is 3. The van der Waals surface area contributed by atoms with Crippen molar-refractivity contribution in [2.45, 2.75) is 19.3 Å². The first-order valence-electron chi connectivity index (χ1n) is 4.98. The van der Waals surface area contributed by atoms with E-state index in [9.17, 15) is 0 Å². The third kappa shape index (κ3) is 2.23. The van der Waals surface area contributed by atoms with Crippen LogP contribution in [0.25, 0.3) is 0 Å². The minimum atomic E-state index is 0. The quantitative estimate of drug-likeness (QED) is 0.832. The topological polar surface area (TPSA) is 53.5 Å². The summed E-state index contributed by atoms with van der Waals surface area (Å²) in [5.41, 5.74) is 1.32. The van der Waals surface area contributed by atoms with Crippen LogP contribution in [0.15, 0.2) is 18.2 Å². The minimum Gasteiger partial charge on any atom is -0.497 e. The fraction of sp³-hybridized carbons (Fsp3) is 0.500. The van der Waals surface area contributed by atoms with E-state index in [-0.39, 0.29) is 6.15 Å². The molecule has 2 atom stereocenters. The molecule has 3 N–H and O–H groups in total. The van der Waals surface area contributed by atoms with Crippen LogP contribution in [-0.2, 0) is 0 Å². The summed E-state index contributed by atoms with van der Waals surface area (Å²) >= 11 is 0. The van der Waals surface area contributed by atoms with E-state index in [2.05, 4.69) is 13.0 Å². The van der Waals surface area contributed by atoms with Gasteiger partial charge in [-0.05, 0) is 29.9 Å². The van der Waals surface area contributed by atoms with E-state index < -0.39 is 0 Å². The Morgan fingerprint density at radius 3 is 2.33 bits per heavy atom. The maximum Gasteiger partial charge on any atom is 0.126 e. The van der Waals surface area contributed by atoms with Crippen molar-refractivity contribution in [1.29, 1.82) is 0 Å². The summed E-state index contributed by atoms with van der Waals surface area (Å²) in [7, 11) is 3.39. The van der Waals surface area contributed by atoms with E-state index in [1.807, 2.05) is 12.1 Å². The zero-order valence-electron chi connectivity index (χ0n) is 9.62. The zero-order valence-corrected chi connectivity index (χ0v) is 9.62. The van der Waals surface area contributed by atoms with Gasteiger partial charge in [0.1, 0.15) is 11.5 Å². The van der Waals surface area contributed by atoms with Crippen molar-refractivity contribution in [3.05, 3.63) is 23.8 Å². The van der Waals surface area contributed by atoms with Crippen molar-refractivity contribution < 1.29 is 9.47 Å². The molecule has 3 nitrogen and oxygen atoms in total. The lowest BCUT2D eigenvalue weighted by Gasteiger charge is -2.09. The van der Waals surface area contributed by atoms with Gasteiger partial charge in [0.2, 0.25) is 0 Å². The Morgan fingerprint density at radius 1 is 1.20 bits per heavy atom. The first kappa shape index (κ1) is 11.9. The Bertz CT molecular complexity index is 338. The van der Waals surface area contributed by atoms with E-state index in [4.69, 9.17) is 9.47 Å². The Kier molecular flexibility index (Phi) is 3.58. The molecule has 0 heterocycles. The molecule has 1 aliphatic carbocycles. The Hall–Kier alpha value is -1.22. The first-order valence-corrected chi connectivity index (χ1v) is 4.98. The van der Waals surface area contributed by atoms with Crippen LogP contribution >= 0.6 is 0 Å². The van der Waals surface area contributed by atoms with Crippen molar-refractivity contribution in [1.82, 2.24) is 6.15 Å². The van der Waals surface area contributed by atoms with Crippen molar-refractivity contribution >= 4 is 0 Å². The molecule has 0 radical (unpaired) electrons. The molecule has 3 heteroatoms. The van der Waals surface area contributed by atoms with Crippen LogP contribution in [0.1, 0.15) is 24.8 Å². The van der Waals surface area contributed by atoms with Crippen LogP contribution in [0, 0.1) is 5.92 Å². The fourth-order valence-corrected chi connectivity index (χ4v) is 1.88. The molecule has 2 unspecified atom stereocenters. The number of rotatable bonds is 3. The molecule has 1 fully saturated rings. The number of hydrogen-bond donors (Lipinski definition) is 1. The number of ether oxygens (including phenoxy) is 2. The zero-order chi connectivity index (χ0) is 10.1. The highest BCUT2D eigenvalue weighted by molar-refractivity contribution is 5.44. The summed E-state index contributed by atoms with van der Waals surface area (Å²) in [6.45, 7) is 2.27. The predicted molar refractivity (Wildman–Crippen MR) is 61.1 cm³/mol. The summed E-state index contributed by atoms with van der Waals surface area (Å²) in [4.78, 5) is 0. The van der Waals surface area contributed by atoms with Gasteiger partial charge < -0.3 is 15.6 Å². The molecule has 84 valence electrons. The Morgan fingerprint density at radius 2 is 1.87 bits per heavy atom. The molecule has 0 spiro atoms. The van der Waals surface area contributed by atoms with Crippen LogP contribution in [0.2, 0.25) is 0 Å². The second-order valence-electron chi connectivity index (χ2n) is 3.93. The van der Waals surface area contributed by atoms with Crippen LogP contribution in [0.3, 0.4) is 0 Å². The number of methoxy groups -OCH3 is 2. The molecular weight excluding hydrogens is 190 g/mol. The molecule has 2 rings (SSSR count). The van der Waals surface area contributed by atoms with E-state index in [0.717, 1.165) is 17.4 Å². The molecule has 1 saturated carbocycles. The minimum absolute atomic E-state index is 0. The third-order valence-corrected chi connectivity index (χ3v) is 2.95. The molecule has 0 aliphatic heterocycles. The highest BCUT2D eigenvalue weighted by Gasteiger charge is 2.35. The lowest BCUT2D eigenvalue weighted by Crippen LogP contribution is -1.92. The molecular formula is C12H19NO2. The lowest BCUT2D eigenvalue weighted by atomic mass is 10.1. The molecule has 1 aromatic rings. The highest BCUT2D eigenvalue weighted by atomic mass is 16.5. The Labute approximate surface area is 91.0 Å². The van der Waals surface area contributed by atoms with Crippen LogP contribution < -0.4 is 15.6 Å². The molecule has 0 saturated heterocycles. The largest absolute Gasteiger partial charge is 0.497 e. The van der Waals surface area contributed by atoms with E-state index in [0.29, 0.717) is 5.92 Å².